The topological polar surface area (TPSA) is 35.5 Å². The molecular weight excluding hydrogens is 212 g/mol. The van der Waals surface area contributed by atoms with E-state index in [-0.39, 0.29) is 6.10 Å². The zero-order valence-corrected chi connectivity index (χ0v) is 11.1. The Morgan fingerprint density at radius 3 is 2.65 bits per heavy atom. The van der Waals surface area contributed by atoms with Crippen LogP contribution in [0.15, 0.2) is 24.3 Å². The molecule has 17 heavy (non-hydrogen) atoms. The van der Waals surface area contributed by atoms with Crippen LogP contribution >= 0.6 is 0 Å². The zero-order valence-electron chi connectivity index (χ0n) is 11.1. The Bertz CT molecular complexity index is 326. The summed E-state index contributed by atoms with van der Waals surface area (Å²) in [6.07, 6.45) is 0.725. The standard InChI is InChI=1S/C14H24N2O/c1-12-6-4-5-7-13(12)8-9-15-10-14(17)11-16(2)3/h4-7,14-15,17H,8-11H2,1-3H3. The van der Waals surface area contributed by atoms with E-state index in [4.69, 9.17) is 0 Å². The van der Waals surface area contributed by atoms with Gasteiger partial charge in [0.05, 0.1) is 6.10 Å². The van der Waals surface area contributed by atoms with Crippen LogP contribution < -0.4 is 5.32 Å². The second-order valence-electron chi connectivity index (χ2n) is 4.80. The maximum atomic E-state index is 9.67. The predicted octanol–water partition coefficient (Wildman–Crippen LogP) is 1.05. The van der Waals surface area contributed by atoms with Crippen LogP contribution in [0.1, 0.15) is 11.1 Å². The van der Waals surface area contributed by atoms with Crippen LogP contribution in [0.3, 0.4) is 0 Å². The van der Waals surface area contributed by atoms with Gasteiger partial charge in [0.25, 0.3) is 0 Å². The third-order valence-electron chi connectivity index (χ3n) is 2.79. The molecule has 0 heterocycles. The van der Waals surface area contributed by atoms with Gasteiger partial charge < -0.3 is 15.3 Å². The lowest BCUT2D eigenvalue weighted by Crippen LogP contribution is -2.35. The fourth-order valence-corrected chi connectivity index (χ4v) is 1.87. The Balaban J connectivity index is 2.18. The van der Waals surface area contributed by atoms with Crippen LogP contribution in [-0.2, 0) is 6.42 Å². The van der Waals surface area contributed by atoms with Crippen molar-refractivity contribution in [3.8, 4) is 0 Å². The molecule has 0 fully saturated rings. The highest BCUT2D eigenvalue weighted by atomic mass is 16.3. The number of hydrogen-bond acceptors (Lipinski definition) is 3. The summed E-state index contributed by atoms with van der Waals surface area (Å²) in [5.74, 6) is 0. The monoisotopic (exact) mass is 236 g/mol. The summed E-state index contributed by atoms with van der Waals surface area (Å²) >= 11 is 0. The van der Waals surface area contributed by atoms with Gasteiger partial charge in [-0.05, 0) is 45.1 Å². The molecule has 0 aliphatic rings. The highest BCUT2D eigenvalue weighted by Crippen LogP contribution is 2.06. The minimum Gasteiger partial charge on any atom is -0.390 e. The number of rotatable bonds is 7. The molecule has 1 unspecified atom stereocenters. The van der Waals surface area contributed by atoms with E-state index >= 15 is 0 Å². The summed E-state index contributed by atoms with van der Waals surface area (Å²) in [7, 11) is 3.94. The van der Waals surface area contributed by atoms with Crippen molar-refractivity contribution in [3.05, 3.63) is 35.4 Å². The van der Waals surface area contributed by atoms with Crippen LogP contribution in [0.25, 0.3) is 0 Å². The second kappa shape index (κ2) is 7.43. The van der Waals surface area contributed by atoms with Crippen molar-refractivity contribution in [1.82, 2.24) is 10.2 Å². The molecule has 0 aliphatic carbocycles. The maximum absolute atomic E-state index is 9.67. The van der Waals surface area contributed by atoms with Crippen LogP contribution in [0.5, 0.6) is 0 Å². The number of benzene rings is 1. The average molecular weight is 236 g/mol. The molecule has 0 aromatic heterocycles. The lowest BCUT2D eigenvalue weighted by Gasteiger charge is -2.16. The highest BCUT2D eigenvalue weighted by Gasteiger charge is 2.04. The molecule has 0 saturated carbocycles. The summed E-state index contributed by atoms with van der Waals surface area (Å²) < 4.78 is 0. The Morgan fingerprint density at radius 2 is 2.00 bits per heavy atom. The molecule has 1 atom stereocenters. The van der Waals surface area contributed by atoms with Crippen molar-refractivity contribution < 1.29 is 5.11 Å². The Labute approximate surface area is 104 Å². The molecule has 2 N–H and O–H groups in total. The summed E-state index contributed by atoms with van der Waals surface area (Å²) in [5, 5.41) is 13.0. The molecule has 0 radical (unpaired) electrons. The first-order valence-corrected chi connectivity index (χ1v) is 6.17. The van der Waals surface area contributed by atoms with Gasteiger partial charge in [-0.15, -0.1) is 0 Å². The molecule has 3 heteroatoms. The average Bonchev–Trinajstić information content (AvgIpc) is 2.25. The second-order valence-corrected chi connectivity index (χ2v) is 4.80. The molecule has 1 aromatic carbocycles. The number of hydrogen-bond donors (Lipinski definition) is 2. The predicted molar refractivity (Wildman–Crippen MR) is 72.3 cm³/mol. The molecule has 96 valence electrons. The van der Waals surface area contributed by atoms with Gasteiger partial charge in [0, 0.05) is 13.1 Å². The van der Waals surface area contributed by atoms with E-state index < -0.39 is 0 Å². The molecule has 0 spiro atoms. The van der Waals surface area contributed by atoms with E-state index in [2.05, 4.69) is 36.5 Å². The van der Waals surface area contributed by atoms with Crippen molar-refractivity contribution >= 4 is 0 Å². The summed E-state index contributed by atoms with van der Waals surface area (Å²) in [6.45, 7) is 4.41. The fourth-order valence-electron chi connectivity index (χ4n) is 1.87. The molecule has 0 amide bonds. The fraction of sp³-hybridized carbons (Fsp3) is 0.571. The SMILES string of the molecule is Cc1ccccc1CCNCC(O)CN(C)C. The number of aliphatic hydroxyl groups is 1. The van der Waals surface area contributed by atoms with Crippen molar-refractivity contribution in [2.24, 2.45) is 0 Å². The minimum atomic E-state index is -0.290. The molecule has 0 saturated heterocycles. The summed E-state index contributed by atoms with van der Waals surface area (Å²) in [5.41, 5.74) is 2.71. The number of nitrogens with one attached hydrogen (secondary N) is 1. The van der Waals surface area contributed by atoms with Gasteiger partial charge in [0.2, 0.25) is 0 Å². The zero-order chi connectivity index (χ0) is 12.7. The Kier molecular flexibility index (Phi) is 6.19. The molecule has 1 rings (SSSR count). The van der Waals surface area contributed by atoms with Gasteiger partial charge >= 0.3 is 0 Å². The lowest BCUT2D eigenvalue weighted by atomic mass is 10.1. The first kappa shape index (κ1) is 14.2. The minimum absolute atomic E-state index is 0.290. The van der Waals surface area contributed by atoms with Crippen LogP contribution in [0.4, 0.5) is 0 Å². The first-order valence-electron chi connectivity index (χ1n) is 6.17. The van der Waals surface area contributed by atoms with Crippen molar-refractivity contribution in [2.75, 3.05) is 33.7 Å². The Hall–Kier alpha value is -0.900. The number of aryl methyl sites for hydroxylation is 1. The third-order valence-corrected chi connectivity index (χ3v) is 2.79. The van der Waals surface area contributed by atoms with Crippen LogP contribution in [0.2, 0.25) is 0 Å². The van der Waals surface area contributed by atoms with Crippen molar-refractivity contribution in [3.63, 3.8) is 0 Å². The van der Waals surface area contributed by atoms with Gasteiger partial charge in [-0.25, -0.2) is 0 Å². The smallest absolute Gasteiger partial charge is 0.0791 e. The van der Waals surface area contributed by atoms with Gasteiger partial charge in [-0.2, -0.15) is 0 Å². The van der Waals surface area contributed by atoms with E-state index in [1.807, 2.05) is 19.0 Å². The third kappa shape index (κ3) is 5.82. The molecule has 0 aliphatic heterocycles. The quantitative estimate of drug-likeness (QED) is 0.695. The van der Waals surface area contributed by atoms with Gasteiger partial charge in [0.1, 0.15) is 0 Å². The van der Waals surface area contributed by atoms with E-state index in [1.165, 1.54) is 11.1 Å². The maximum Gasteiger partial charge on any atom is 0.0791 e. The van der Waals surface area contributed by atoms with Gasteiger partial charge in [0.15, 0.2) is 0 Å². The van der Waals surface area contributed by atoms with E-state index in [9.17, 15) is 5.11 Å². The van der Waals surface area contributed by atoms with E-state index in [1.54, 1.807) is 0 Å². The summed E-state index contributed by atoms with van der Waals surface area (Å²) in [6, 6.07) is 8.43. The largest absolute Gasteiger partial charge is 0.390 e. The van der Waals surface area contributed by atoms with Crippen molar-refractivity contribution in [1.29, 1.82) is 0 Å². The number of nitrogens with zero attached hydrogens (tertiary/aromatic N) is 1. The number of likely N-dealkylation sites (N-methyl/N-ethyl adjacent to an activating group) is 1. The van der Waals surface area contributed by atoms with E-state index in [0.29, 0.717) is 13.1 Å². The number of aliphatic hydroxyl groups excluding tert-OH is 1. The highest BCUT2D eigenvalue weighted by molar-refractivity contribution is 5.25. The van der Waals surface area contributed by atoms with Gasteiger partial charge in [-0.3, -0.25) is 0 Å². The van der Waals surface area contributed by atoms with Crippen LogP contribution in [0, 0.1) is 6.92 Å². The van der Waals surface area contributed by atoms with Gasteiger partial charge in [-0.1, -0.05) is 24.3 Å². The normalized spacial score (nSPS) is 13.0. The molecule has 0 bridgehead atoms. The molecular formula is C14H24N2O. The lowest BCUT2D eigenvalue weighted by molar-refractivity contribution is 0.135. The van der Waals surface area contributed by atoms with Crippen LogP contribution in [-0.4, -0.2) is 49.8 Å². The first-order chi connectivity index (χ1) is 8.09. The van der Waals surface area contributed by atoms with Crippen molar-refractivity contribution in [2.45, 2.75) is 19.4 Å². The Morgan fingerprint density at radius 1 is 1.29 bits per heavy atom. The molecule has 1 aromatic rings. The summed E-state index contributed by atoms with van der Waals surface area (Å²) in [4.78, 5) is 1.99. The molecule has 3 nitrogen and oxygen atoms in total. The van der Waals surface area contributed by atoms with E-state index in [0.717, 1.165) is 13.0 Å².